The molecule has 4 heteroatoms. The van der Waals surface area contributed by atoms with Crippen molar-refractivity contribution in [1.82, 2.24) is 5.32 Å². The van der Waals surface area contributed by atoms with E-state index in [4.69, 9.17) is 27.6 Å². The Bertz CT molecular complexity index is 508. The summed E-state index contributed by atoms with van der Waals surface area (Å²) in [4.78, 5) is 0. The van der Waals surface area contributed by atoms with Gasteiger partial charge in [0.1, 0.15) is 11.5 Å². The lowest BCUT2D eigenvalue weighted by atomic mass is 10.2. The quantitative estimate of drug-likeness (QED) is 0.901. The lowest BCUT2D eigenvalue weighted by Crippen LogP contribution is -2.12. The third kappa shape index (κ3) is 3.50. The Balaban J connectivity index is 1.90. The number of halogens is 2. The molecule has 1 aromatic heterocycles. The first-order chi connectivity index (χ1) is 8.15. The molecule has 0 unspecified atom stereocenters. The van der Waals surface area contributed by atoms with E-state index in [0.29, 0.717) is 23.1 Å². The van der Waals surface area contributed by atoms with Gasteiger partial charge in [0.05, 0.1) is 6.54 Å². The Labute approximate surface area is 111 Å². The molecule has 2 rings (SSSR count). The summed E-state index contributed by atoms with van der Waals surface area (Å²) < 4.78 is 5.45. The second-order valence-corrected chi connectivity index (χ2v) is 4.70. The normalized spacial score (nSPS) is 10.8. The Morgan fingerprint density at radius 1 is 1.12 bits per heavy atom. The van der Waals surface area contributed by atoms with E-state index in [-0.39, 0.29) is 0 Å². The molecule has 17 heavy (non-hydrogen) atoms. The van der Waals surface area contributed by atoms with Crippen LogP contribution < -0.4 is 5.32 Å². The highest BCUT2D eigenvalue weighted by atomic mass is 35.5. The second-order valence-electron chi connectivity index (χ2n) is 3.85. The van der Waals surface area contributed by atoms with Gasteiger partial charge in [0.25, 0.3) is 0 Å². The standard InChI is InChI=1S/C13H13Cl2NO/c1-9-2-5-12(17-9)8-16-7-10-3-4-11(14)6-13(10)15/h2-6,16H,7-8H2,1H3. The monoisotopic (exact) mass is 269 g/mol. The van der Waals surface area contributed by atoms with Crippen LogP contribution in [0, 0.1) is 6.92 Å². The van der Waals surface area contributed by atoms with Crippen LogP contribution in [0.2, 0.25) is 10.0 Å². The highest BCUT2D eigenvalue weighted by Gasteiger charge is 2.02. The van der Waals surface area contributed by atoms with Crippen molar-refractivity contribution in [3.8, 4) is 0 Å². The predicted octanol–water partition coefficient (Wildman–Crippen LogP) is 4.18. The zero-order valence-corrected chi connectivity index (χ0v) is 11.0. The molecule has 1 N–H and O–H groups in total. The van der Waals surface area contributed by atoms with Crippen LogP contribution in [-0.2, 0) is 13.1 Å². The smallest absolute Gasteiger partial charge is 0.117 e. The Morgan fingerprint density at radius 3 is 2.59 bits per heavy atom. The fourth-order valence-electron chi connectivity index (χ4n) is 1.57. The van der Waals surface area contributed by atoms with Crippen molar-refractivity contribution >= 4 is 23.2 Å². The molecule has 0 radical (unpaired) electrons. The van der Waals surface area contributed by atoms with Crippen molar-refractivity contribution < 1.29 is 4.42 Å². The largest absolute Gasteiger partial charge is 0.465 e. The highest BCUT2D eigenvalue weighted by Crippen LogP contribution is 2.20. The molecule has 0 fully saturated rings. The molecule has 0 aliphatic heterocycles. The van der Waals surface area contributed by atoms with Gasteiger partial charge in [0.15, 0.2) is 0 Å². The summed E-state index contributed by atoms with van der Waals surface area (Å²) in [5.74, 6) is 1.85. The molecule has 1 heterocycles. The SMILES string of the molecule is Cc1ccc(CNCc2ccc(Cl)cc2Cl)o1. The van der Waals surface area contributed by atoms with Crippen molar-refractivity contribution in [2.45, 2.75) is 20.0 Å². The summed E-state index contributed by atoms with van der Waals surface area (Å²) in [6.07, 6.45) is 0. The van der Waals surface area contributed by atoms with Gasteiger partial charge in [0.2, 0.25) is 0 Å². The van der Waals surface area contributed by atoms with Crippen LogP contribution in [-0.4, -0.2) is 0 Å². The van der Waals surface area contributed by atoms with Gasteiger partial charge >= 0.3 is 0 Å². The minimum atomic E-state index is 0.653. The van der Waals surface area contributed by atoms with E-state index in [0.717, 1.165) is 17.1 Å². The molecule has 90 valence electrons. The number of hydrogen-bond donors (Lipinski definition) is 1. The molecule has 2 nitrogen and oxygen atoms in total. The molecule has 0 bridgehead atoms. The van der Waals surface area contributed by atoms with Crippen LogP contribution in [0.4, 0.5) is 0 Å². The summed E-state index contributed by atoms with van der Waals surface area (Å²) in [6.45, 7) is 3.31. The highest BCUT2D eigenvalue weighted by molar-refractivity contribution is 6.35. The van der Waals surface area contributed by atoms with Crippen LogP contribution in [0.15, 0.2) is 34.7 Å². The first kappa shape index (κ1) is 12.5. The molecule has 0 aliphatic rings. The van der Waals surface area contributed by atoms with Gasteiger partial charge in [-0.15, -0.1) is 0 Å². The van der Waals surface area contributed by atoms with Crippen LogP contribution in [0.25, 0.3) is 0 Å². The van der Waals surface area contributed by atoms with E-state index in [1.807, 2.05) is 31.2 Å². The van der Waals surface area contributed by atoms with E-state index in [2.05, 4.69) is 5.32 Å². The zero-order chi connectivity index (χ0) is 12.3. The fraction of sp³-hybridized carbons (Fsp3) is 0.231. The molecule has 0 aliphatic carbocycles. The first-order valence-corrected chi connectivity index (χ1v) is 6.11. The van der Waals surface area contributed by atoms with Crippen LogP contribution >= 0.6 is 23.2 Å². The Kier molecular flexibility index (Phi) is 4.11. The molecular weight excluding hydrogens is 257 g/mol. The third-order valence-corrected chi connectivity index (χ3v) is 3.01. The predicted molar refractivity (Wildman–Crippen MR) is 70.5 cm³/mol. The van der Waals surface area contributed by atoms with Crippen LogP contribution in [0.3, 0.4) is 0 Å². The minimum absolute atomic E-state index is 0.653. The molecule has 0 saturated heterocycles. The molecule has 0 atom stereocenters. The number of hydrogen-bond acceptors (Lipinski definition) is 2. The molecular formula is C13H13Cl2NO. The summed E-state index contributed by atoms with van der Waals surface area (Å²) in [5.41, 5.74) is 1.03. The average molecular weight is 270 g/mol. The van der Waals surface area contributed by atoms with Gasteiger partial charge in [-0.3, -0.25) is 0 Å². The molecule has 0 saturated carbocycles. The van der Waals surface area contributed by atoms with Gasteiger partial charge in [-0.05, 0) is 36.8 Å². The summed E-state index contributed by atoms with van der Waals surface area (Å²) in [5, 5.41) is 4.60. The van der Waals surface area contributed by atoms with E-state index >= 15 is 0 Å². The van der Waals surface area contributed by atoms with Gasteiger partial charge in [0, 0.05) is 16.6 Å². The third-order valence-electron chi connectivity index (χ3n) is 2.43. The van der Waals surface area contributed by atoms with Crippen molar-refractivity contribution in [2.24, 2.45) is 0 Å². The molecule has 2 aromatic rings. The molecule has 0 spiro atoms. The van der Waals surface area contributed by atoms with E-state index in [1.165, 1.54) is 0 Å². The van der Waals surface area contributed by atoms with Gasteiger partial charge in [-0.25, -0.2) is 0 Å². The number of furan rings is 1. The van der Waals surface area contributed by atoms with E-state index in [1.54, 1.807) is 6.07 Å². The fourth-order valence-corrected chi connectivity index (χ4v) is 2.04. The maximum absolute atomic E-state index is 6.07. The van der Waals surface area contributed by atoms with Gasteiger partial charge < -0.3 is 9.73 Å². The van der Waals surface area contributed by atoms with Crippen LogP contribution in [0.5, 0.6) is 0 Å². The summed E-state index contributed by atoms with van der Waals surface area (Å²) in [6, 6.07) is 9.42. The summed E-state index contributed by atoms with van der Waals surface area (Å²) in [7, 11) is 0. The topological polar surface area (TPSA) is 25.2 Å². The number of nitrogens with one attached hydrogen (secondary N) is 1. The first-order valence-electron chi connectivity index (χ1n) is 5.35. The van der Waals surface area contributed by atoms with Crippen molar-refractivity contribution in [3.05, 3.63) is 57.5 Å². The van der Waals surface area contributed by atoms with E-state index < -0.39 is 0 Å². The minimum Gasteiger partial charge on any atom is -0.465 e. The van der Waals surface area contributed by atoms with E-state index in [9.17, 15) is 0 Å². The Morgan fingerprint density at radius 2 is 1.94 bits per heavy atom. The van der Waals surface area contributed by atoms with Crippen molar-refractivity contribution in [2.75, 3.05) is 0 Å². The van der Waals surface area contributed by atoms with Crippen molar-refractivity contribution in [3.63, 3.8) is 0 Å². The molecule has 0 amide bonds. The lowest BCUT2D eigenvalue weighted by Gasteiger charge is -2.05. The second kappa shape index (κ2) is 5.58. The zero-order valence-electron chi connectivity index (χ0n) is 9.47. The maximum Gasteiger partial charge on any atom is 0.117 e. The molecule has 1 aromatic carbocycles. The Hall–Kier alpha value is -0.960. The summed E-state index contributed by atoms with van der Waals surface area (Å²) >= 11 is 11.9. The van der Waals surface area contributed by atoms with Crippen molar-refractivity contribution in [1.29, 1.82) is 0 Å². The number of rotatable bonds is 4. The lowest BCUT2D eigenvalue weighted by molar-refractivity contribution is 0.462. The van der Waals surface area contributed by atoms with Gasteiger partial charge in [-0.1, -0.05) is 29.3 Å². The van der Waals surface area contributed by atoms with Gasteiger partial charge in [-0.2, -0.15) is 0 Å². The average Bonchev–Trinajstić information content (AvgIpc) is 2.68. The number of benzene rings is 1. The van der Waals surface area contributed by atoms with Crippen LogP contribution in [0.1, 0.15) is 17.1 Å². The number of aryl methyl sites for hydroxylation is 1. The maximum atomic E-state index is 6.07.